The van der Waals surface area contributed by atoms with Crippen LogP contribution >= 0.6 is 0 Å². The molecule has 0 fully saturated rings. The molecule has 1 rings (SSSR count). The normalized spacial score (nSPS) is 11.9. The van der Waals surface area contributed by atoms with E-state index in [0.717, 1.165) is 12.2 Å². The van der Waals surface area contributed by atoms with Gasteiger partial charge in [0, 0.05) is 37.4 Å². The Hall–Kier alpha value is -3.96. The van der Waals surface area contributed by atoms with Crippen molar-refractivity contribution >= 4 is 35.8 Å². The number of anilines is 3. The molecular weight excluding hydrogens is 516 g/mol. The Morgan fingerprint density at radius 1 is 0.825 bits per heavy atom. The number of hydrogen-bond acceptors (Lipinski definition) is 12. The third-order valence-corrected chi connectivity index (χ3v) is 5.83. The Balaban J connectivity index is 3.45. The van der Waals surface area contributed by atoms with Crippen molar-refractivity contribution in [3.05, 3.63) is 37.5 Å². The van der Waals surface area contributed by atoms with Crippen molar-refractivity contribution in [1.82, 2.24) is 15.0 Å². The molecule has 0 aliphatic rings. The van der Waals surface area contributed by atoms with E-state index in [0.29, 0.717) is 69.1 Å². The van der Waals surface area contributed by atoms with E-state index >= 15 is 0 Å². The number of carbonyl (C=O) groups is 3. The summed E-state index contributed by atoms with van der Waals surface area (Å²) in [6.07, 6.45) is 1.95. The highest BCUT2D eigenvalue weighted by molar-refractivity contribution is 5.87. The van der Waals surface area contributed by atoms with Gasteiger partial charge in [0.25, 0.3) is 0 Å². The molecule has 2 unspecified atom stereocenters. The van der Waals surface area contributed by atoms with Crippen molar-refractivity contribution in [2.24, 2.45) is 0 Å². The monoisotopic (exact) mass is 560 g/mol. The van der Waals surface area contributed by atoms with Crippen LogP contribution in [0.4, 0.5) is 17.8 Å². The van der Waals surface area contributed by atoms with Crippen LogP contribution < -0.4 is 14.7 Å². The van der Waals surface area contributed by atoms with Crippen LogP contribution in [0.2, 0.25) is 0 Å². The molecule has 0 aliphatic carbocycles. The van der Waals surface area contributed by atoms with Crippen LogP contribution in [0, 0.1) is 0 Å². The second-order valence-corrected chi connectivity index (χ2v) is 8.93. The Labute approximate surface area is 237 Å². The van der Waals surface area contributed by atoms with Crippen LogP contribution in [0.15, 0.2) is 37.5 Å². The van der Waals surface area contributed by atoms with Crippen LogP contribution in [0.3, 0.4) is 0 Å². The van der Waals surface area contributed by atoms with Crippen LogP contribution in [-0.4, -0.2) is 90.9 Å². The molecule has 0 saturated carbocycles. The van der Waals surface area contributed by atoms with Crippen LogP contribution in [0.1, 0.15) is 48.0 Å². The smallest absolute Gasteiger partial charge is 0.333 e. The van der Waals surface area contributed by atoms with E-state index in [-0.39, 0.29) is 6.61 Å². The number of rotatable bonds is 19. The molecule has 0 radical (unpaired) electrons. The average Bonchev–Trinajstić information content (AvgIpc) is 2.95. The molecule has 0 spiro atoms. The molecule has 0 aliphatic heterocycles. The van der Waals surface area contributed by atoms with Gasteiger partial charge in [-0.2, -0.15) is 15.0 Å². The summed E-state index contributed by atoms with van der Waals surface area (Å²) in [4.78, 5) is 55.3. The predicted molar refractivity (Wildman–Crippen MR) is 155 cm³/mol. The zero-order valence-electron chi connectivity index (χ0n) is 24.7. The number of hydrogen-bond donors (Lipinski definition) is 0. The maximum atomic E-state index is 12.2. The molecule has 0 saturated heterocycles. The van der Waals surface area contributed by atoms with Gasteiger partial charge in [0.1, 0.15) is 18.8 Å². The first-order valence-electron chi connectivity index (χ1n) is 13.5. The molecule has 222 valence electrons. The van der Waals surface area contributed by atoms with E-state index in [2.05, 4.69) is 19.7 Å². The summed E-state index contributed by atoms with van der Waals surface area (Å²) >= 11 is 0. The largest absolute Gasteiger partial charge is 0.461 e. The van der Waals surface area contributed by atoms with E-state index in [1.807, 2.05) is 42.4 Å². The summed E-state index contributed by atoms with van der Waals surface area (Å²) < 4.78 is 16.1. The zero-order chi connectivity index (χ0) is 30.2. The molecule has 0 bridgehead atoms. The highest BCUT2D eigenvalue weighted by atomic mass is 16.5. The Kier molecular flexibility index (Phi) is 15.0. The molecule has 40 heavy (non-hydrogen) atoms. The predicted octanol–water partition coefficient (Wildman–Crippen LogP) is 3.10. The molecule has 2 atom stereocenters. The summed E-state index contributed by atoms with van der Waals surface area (Å²) in [5.74, 6) is -0.318. The van der Waals surface area contributed by atoms with Crippen LogP contribution in [0.25, 0.3) is 0 Å². The van der Waals surface area contributed by atoms with Gasteiger partial charge in [-0.15, -0.1) is 0 Å². The highest BCUT2D eigenvalue weighted by Crippen LogP contribution is 2.21. The van der Waals surface area contributed by atoms with Crippen molar-refractivity contribution in [3.8, 4) is 0 Å². The fourth-order valence-corrected chi connectivity index (χ4v) is 3.53. The van der Waals surface area contributed by atoms with Crippen molar-refractivity contribution in [2.45, 2.75) is 60.2 Å². The number of aromatic nitrogens is 3. The van der Waals surface area contributed by atoms with Crippen molar-refractivity contribution < 1.29 is 28.6 Å². The molecule has 1 aromatic rings. The first kappa shape index (κ1) is 34.1. The third-order valence-electron chi connectivity index (χ3n) is 5.83. The fourth-order valence-electron chi connectivity index (χ4n) is 3.53. The molecule has 0 aromatic carbocycles. The van der Waals surface area contributed by atoms with Crippen LogP contribution in [-0.2, 0) is 28.6 Å². The topological polar surface area (TPSA) is 127 Å². The maximum absolute atomic E-state index is 12.2. The number of nitrogens with zero attached hydrogens (tertiary/aromatic N) is 6. The molecular formula is C28H44N6O6. The number of esters is 3. The van der Waals surface area contributed by atoms with Gasteiger partial charge in [-0.3, -0.25) is 0 Å². The van der Waals surface area contributed by atoms with E-state index in [4.69, 9.17) is 29.2 Å². The standard InChI is InChI=1S/C28H44N6O6/c1-10-22(40-25(37)20(7)8)19-34(15-6)28-30-26(32(13-4)16-17-38-23(35)11-2)29-27(31-28)33(14-5)18-21(9)39-24(36)12-3/h11-12,21-22H,2-3,7,10,13-19H2,1,4-6,8-9H3. The minimum absolute atomic E-state index is 0.118. The summed E-state index contributed by atoms with van der Waals surface area (Å²) in [6.45, 7) is 24.4. The zero-order valence-corrected chi connectivity index (χ0v) is 24.7. The van der Waals surface area contributed by atoms with Gasteiger partial charge in [0.15, 0.2) is 0 Å². The van der Waals surface area contributed by atoms with Crippen molar-refractivity contribution in [2.75, 3.05) is 60.6 Å². The summed E-state index contributed by atoms with van der Waals surface area (Å²) in [7, 11) is 0. The second-order valence-electron chi connectivity index (χ2n) is 8.93. The number of ether oxygens (including phenoxy) is 3. The first-order chi connectivity index (χ1) is 19.0. The quantitative estimate of drug-likeness (QED) is 0.140. The SMILES string of the molecule is C=CC(=O)OCCN(CC)c1nc(N(CC)CC(C)OC(=O)C=C)nc(N(CC)CC(CC)OC(=O)C(=C)C)n1. The lowest BCUT2D eigenvalue weighted by molar-refractivity contribution is -0.144. The first-order valence-corrected chi connectivity index (χ1v) is 13.5. The molecule has 12 heteroatoms. The van der Waals surface area contributed by atoms with Gasteiger partial charge >= 0.3 is 17.9 Å². The fraction of sp³-hybridized carbons (Fsp3) is 0.571. The van der Waals surface area contributed by atoms with Gasteiger partial charge in [0.2, 0.25) is 17.8 Å². The number of likely N-dealkylation sites (N-methyl/N-ethyl adjacent to an activating group) is 3. The Morgan fingerprint density at radius 3 is 1.77 bits per heavy atom. The van der Waals surface area contributed by atoms with Crippen LogP contribution in [0.5, 0.6) is 0 Å². The lowest BCUT2D eigenvalue weighted by Gasteiger charge is -2.30. The second kappa shape index (κ2) is 17.6. The molecule has 0 N–H and O–H groups in total. The van der Waals surface area contributed by atoms with E-state index in [9.17, 15) is 14.4 Å². The molecule has 1 heterocycles. The van der Waals surface area contributed by atoms with E-state index in [1.165, 1.54) is 0 Å². The Morgan fingerprint density at radius 2 is 1.32 bits per heavy atom. The number of carbonyl (C=O) groups excluding carboxylic acids is 3. The van der Waals surface area contributed by atoms with Crippen molar-refractivity contribution in [1.29, 1.82) is 0 Å². The van der Waals surface area contributed by atoms with Gasteiger partial charge in [-0.1, -0.05) is 26.7 Å². The lowest BCUT2D eigenvalue weighted by atomic mass is 10.2. The average molecular weight is 561 g/mol. The third kappa shape index (κ3) is 11.0. The highest BCUT2D eigenvalue weighted by Gasteiger charge is 2.23. The summed E-state index contributed by atoms with van der Waals surface area (Å²) in [6, 6.07) is 0. The maximum Gasteiger partial charge on any atom is 0.333 e. The lowest BCUT2D eigenvalue weighted by Crippen LogP contribution is -2.39. The van der Waals surface area contributed by atoms with E-state index in [1.54, 1.807) is 13.8 Å². The van der Waals surface area contributed by atoms with Gasteiger partial charge in [-0.25, -0.2) is 14.4 Å². The van der Waals surface area contributed by atoms with E-state index < -0.39 is 30.1 Å². The van der Waals surface area contributed by atoms with Gasteiger partial charge < -0.3 is 28.9 Å². The molecule has 12 nitrogen and oxygen atoms in total. The molecule has 0 amide bonds. The van der Waals surface area contributed by atoms with Gasteiger partial charge in [0.05, 0.1) is 19.6 Å². The molecule has 1 aromatic heterocycles. The Bertz CT molecular complexity index is 1030. The van der Waals surface area contributed by atoms with Crippen molar-refractivity contribution in [3.63, 3.8) is 0 Å². The van der Waals surface area contributed by atoms with Gasteiger partial charge in [-0.05, 0) is 41.0 Å². The minimum Gasteiger partial charge on any atom is -0.461 e. The summed E-state index contributed by atoms with van der Waals surface area (Å²) in [5.41, 5.74) is 0.326. The minimum atomic E-state index is -0.515. The summed E-state index contributed by atoms with van der Waals surface area (Å²) in [5, 5.41) is 0.